The van der Waals surface area contributed by atoms with Gasteiger partial charge in [-0.15, -0.1) is 0 Å². The molecule has 0 bridgehead atoms. The van der Waals surface area contributed by atoms with Crippen LogP contribution in [-0.2, 0) is 6.18 Å². The minimum Gasteiger partial charge on any atom is -0.383 e. The molecule has 0 aliphatic carbocycles. The van der Waals surface area contributed by atoms with Gasteiger partial charge in [-0.1, -0.05) is 0 Å². The molecule has 0 aliphatic rings. The third kappa shape index (κ3) is 3.05. The first-order valence-electron chi connectivity index (χ1n) is 5.29. The number of alkyl halides is 3. The van der Waals surface area contributed by atoms with Crippen LogP contribution in [0.4, 0.5) is 40.8 Å². The standard InChI is InChI=1S/C11H9F4N5/c12-6-2-1-5(11(13,14)15)3-7(6)18-9-4-8(16)19-10(17)20-9/h1-4H,(H5,16,17,18,19,20). The molecule has 9 heteroatoms. The van der Waals surface area contributed by atoms with E-state index in [0.29, 0.717) is 18.2 Å². The van der Waals surface area contributed by atoms with E-state index in [1.54, 1.807) is 0 Å². The van der Waals surface area contributed by atoms with Crippen LogP contribution in [-0.4, -0.2) is 9.97 Å². The van der Waals surface area contributed by atoms with Crippen molar-refractivity contribution in [3.05, 3.63) is 35.6 Å². The molecule has 106 valence electrons. The van der Waals surface area contributed by atoms with Gasteiger partial charge in [-0.3, -0.25) is 0 Å². The van der Waals surface area contributed by atoms with Gasteiger partial charge in [0, 0.05) is 6.07 Å². The van der Waals surface area contributed by atoms with Gasteiger partial charge in [-0.2, -0.15) is 23.1 Å². The number of nitrogens with zero attached hydrogens (tertiary/aromatic N) is 2. The molecule has 1 aromatic heterocycles. The maximum atomic E-state index is 13.5. The molecule has 0 saturated carbocycles. The Labute approximate surface area is 110 Å². The van der Waals surface area contributed by atoms with Crippen molar-refractivity contribution in [1.82, 2.24) is 9.97 Å². The largest absolute Gasteiger partial charge is 0.416 e. The zero-order chi connectivity index (χ0) is 14.9. The van der Waals surface area contributed by atoms with Crippen LogP contribution < -0.4 is 16.8 Å². The minimum atomic E-state index is -4.58. The molecular formula is C11H9F4N5. The van der Waals surface area contributed by atoms with Crippen molar-refractivity contribution in [2.45, 2.75) is 6.18 Å². The molecule has 0 fully saturated rings. The average Bonchev–Trinajstić information content (AvgIpc) is 2.29. The highest BCUT2D eigenvalue weighted by Gasteiger charge is 2.31. The van der Waals surface area contributed by atoms with Crippen molar-refractivity contribution >= 4 is 23.3 Å². The van der Waals surface area contributed by atoms with E-state index in [-0.39, 0.29) is 17.6 Å². The Morgan fingerprint density at radius 2 is 1.75 bits per heavy atom. The molecule has 0 unspecified atom stereocenters. The summed E-state index contributed by atoms with van der Waals surface area (Å²) < 4.78 is 51.2. The number of nitrogen functional groups attached to an aromatic ring is 2. The van der Waals surface area contributed by atoms with Crippen molar-refractivity contribution in [1.29, 1.82) is 0 Å². The Hall–Kier alpha value is -2.58. The first kappa shape index (κ1) is 13.8. The lowest BCUT2D eigenvalue weighted by atomic mass is 10.2. The Kier molecular flexibility index (Phi) is 3.35. The van der Waals surface area contributed by atoms with Crippen LogP contribution in [0.1, 0.15) is 5.56 Å². The van der Waals surface area contributed by atoms with Crippen molar-refractivity contribution in [3.63, 3.8) is 0 Å². The van der Waals surface area contributed by atoms with Crippen LogP contribution in [0.2, 0.25) is 0 Å². The van der Waals surface area contributed by atoms with Gasteiger partial charge in [0.15, 0.2) is 0 Å². The van der Waals surface area contributed by atoms with E-state index in [4.69, 9.17) is 11.5 Å². The fourth-order valence-electron chi connectivity index (χ4n) is 1.48. The number of hydrogen-bond donors (Lipinski definition) is 3. The highest BCUT2D eigenvalue weighted by molar-refractivity contribution is 5.61. The smallest absolute Gasteiger partial charge is 0.383 e. The zero-order valence-electron chi connectivity index (χ0n) is 9.87. The molecule has 5 nitrogen and oxygen atoms in total. The van der Waals surface area contributed by atoms with Crippen molar-refractivity contribution in [3.8, 4) is 0 Å². The molecule has 1 aromatic carbocycles. The molecule has 5 N–H and O–H groups in total. The quantitative estimate of drug-likeness (QED) is 0.738. The van der Waals surface area contributed by atoms with E-state index in [9.17, 15) is 17.6 Å². The Bertz CT molecular complexity index is 621. The van der Waals surface area contributed by atoms with Crippen LogP contribution in [0.25, 0.3) is 0 Å². The Morgan fingerprint density at radius 1 is 1.05 bits per heavy atom. The third-order valence-corrected chi connectivity index (χ3v) is 2.32. The molecule has 0 amide bonds. The minimum absolute atomic E-state index is 0.00627. The molecule has 2 rings (SSSR count). The molecule has 0 saturated heterocycles. The normalized spacial score (nSPS) is 11.4. The van der Waals surface area contributed by atoms with Crippen LogP contribution in [0.5, 0.6) is 0 Å². The number of anilines is 4. The summed E-state index contributed by atoms with van der Waals surface area (Å²) in [4.78, 5) is 7.28. The van der Waals surface area contributed by atoms with Gasteiger partial charge in [0.1, 0.15) is 17.5 Å². The number of nitrogens with one attached hydrogen (secondary N) is 1. The van der Waals surface area contributed by atoms with E-state index in [0.717, 1.165) is 0 Å². The fourth-order valence-corrected chi connectivity index (χ4v) is 1.48. The van der Waals surface area contributed by atoms with Crippen LogP contribution in [0, 0.1) is 5.82 Å². The number of benzene rings is 1. The Balaban J connectivity index is 2.37. The van der Waals surface area contributed by atoms with E-state index < -0.39 is 23.2 Å². The van der Waals surface area contributed by atoms with Crippen molar-refractivity contribution < 1.29 is 17.6 Å². The highest BCUT2D eigenvalue weighted by Crippen LogP contribution is 2.32. The number of nitrogens with two attached hydrogens (primary N) is 2. The maximum absolute atomic E-state index is 13.5. The summed E-state index contributed by atoms with van der Waals surface area (Å²) >= 11 is 0. The zero-order valence-corrected chi connectivity index (χ0v) is 9.87. The van der Waals surface area contributed by atoms with Gasteiger partial charge in [0.2, 0.25) is 5.95 Å². The van der Waals surface area contributed by atoms with Gasteiger partial charge in [0.05, 0.1) is 11.3 Å². The number of rotatable bonds is 2. The average molecular weight is 287 g/mol. The maximum Gasteiger partial charge on any atom is 0.416 e. The number of hydrogen-bond acceptors (Lipinski definition) is 5. The van der Waals surface area contributed by atoms with Crippen LogP contribution >= 0.6 is 0 Å². The summed E-state index contributed by atoms with van der Waals surface area (Å²) in [7, 11) is 0. The SMILES string of the molecule is Nc1cc(Nc2cc(C(F)(F)F)ccc2F)nc(N)n1. The molecule has 0 aliphatic heterocycles. The summed E-state index contributed by atoms with van der Waals surface area (Å²) in [5.74, 6) is -1.05. The number of halogens is 4. The predicted molar refractivity (Wildman–Crippen MR) is 65.5 cm³/mol. The van der Waals surface area contributed by atoms with Crippen LogP contribution in [0.3, 0.4) is 0 Å². The van der Waals surface area contributed by atoms with Crippen molar-refractivity contribution in [2.75, 3.05) is 16.8 Å². The van der Waals surface area contributed by atoms with E-state index in [1.807, 2.05) is 0 Å². The number of aromatic nitrogens is 2. The molecule has 0 atom stereocenters. The molecule has 20 heavy (non-hydrogen) atoms. The van der Waals surface area contributed by atoms with E-state index in [1.165, 1.54) is 6.07 Å². The third-order valence-electron chi connectivity index (χ3n) is 2.32. The fraction of sp³-hybridized carbons (Fsp3) is 0.0909. The second-order valence-corrected chi connectivity index (χ2v) is 3.85. The molecule has 1 heterocycles. The summed E-state index contributed by atoms with van der Waals surface area (Å²) in [5, 5.41) is 2.38. The van der Waals surface area contributed by atoms with E-state index in [2.05, 4.69) is 15.3 Å². The molecule has 0 spiro atoms. The summed E-state index contributed by atoms with van der Waals surface area (Å²) in [6.45, 7) is 0. The molecular weight excluding hydrogens is 278 g/mol. The first-order valence-corrected chi connectivity index (χ1v) is 5.29. The topological polar surface area (TPSA) is 89.8 Å². The first-order chi connectivity index (χ1) is 9.25. The summed E-state index contributed by atoms with van der Waals surface area (Å²) in [6.07, 6.45) is -4.58. The van der Waals surface area contributed by atoms with Gasteiger partial charge < -0.3 is 16.8 Å². The lowest BCUT2D eigenvalue weighted by molar-refractivity contribution is -0.137. The molecule has 2 aromatic rings. The van der Waals surface area contributed by atoms with Crippen molar-refractivity contribution in [2.24, 2.45) is 0 Å². The summed E-state index contributed by atoms with van der Waals surface area (Å²) in [5.41, 5.74) is 9.36. The lowest BCUT2D eigenvalue weighted by Gasteiger charge is -2.11. The highest BCUT2D eigenvalue weighted by atomic mass is 19.4. The van der Waals surface area contributed by atoms with Gasteiger partial charge in [-0.25, -0.2) is 4.39 Å². The second kappa shape index (κ2) is 4.83. The van der Waals surface area contributed by atoms with Gasteiger partial charge >= 0.3 is 6.18 Å². The lowest BCUT2D eigenvalue weighted by Crippen LogP contribution is -2.07. The predicted octanol–water partition coefficient (Wildman–Crippen LogP) is 2.54. The molecule has 0 radical (unpaired) electrons. The second-order valence-electron chi connectivity index (χ2n) is 3.85. The summed E-state index contributed by atoms with van der Waals surface area (Å²) in [6, 6.07) is 3.20. The Morgan fingerprint density at radius 3 is 2.35 bits per heavy atom. The monoisotopic (exact) mass is 287 g/mol. The van der Waals surface area contributed by atoms with Crippen LogP contribution in [0.15, 0.2) is 24.3 Å². The van der Waals surface area contributed by atoms with Gasteiger partial charge in [0.25, 0.3) is 0 Å². The van der Waals surface area contributed by atoms with Gasteiger partial charge in [-0.05, 0) is 18.2 Å². The van der Waals surface area contributed by atoms with E-state index >= 15 is 0 Å².